The second-order valence-corrected chi connectivity index (χ2v) is 3.94. The molecular formula is C11H8BrClN2O. The van der Waals surface area contributed by atoms with Crippen molar-refractivity contribution in [2.75, 3.05) is 0 Å². The molecule has 0 aliphatic rings. The first-order valence-corrected chi connectivity index (χ1v) is 6.09. The Labute approximate surface area is 107 Å². The lowest BCUT2D eigenvalue weighted by Gasteiger charge is -2.04. The van der Waals surface area contributed by atoms with Gasteiger partial charge in [0.2, 0.25) is 11.2 Å². The van der Waals surface area contributed by atoms with Gasteiger partial charge in [-0.2, -0.15) is 4.98 Å². The molecule has 0 amide bonds. The Morgan fingerprint density at radius 3 is 2.56 bits per heavy atom. The first kappa shape index (κ1) is 11.4. The molecule has 2 aromatic rings. The third-order valence-corrected chi connectivity index (χ3v) is 2.73. The Kier molecular flexibility index (Phi) is 3.74. The molecule has 0 saturated carbocycles. The minimum Gasteiger partial charge on any atom is -0.439 e. The molecule has 0 atom stereocenters. The van der Waals surface area contributed by atoms with Gasteiger partial charge in [0, 0.05) is 17.6 Å². The molecule has 1 aromatic carbocycles. The van der Waals surface area contributed by atoms with Crippen LogP contribution in [-0.4, -0.2) is 9.97 Å². The van der Waals surface area contributed by atoms with Crippen LogP contribution in [0.5, 0.6) is 11.6 Å². The van der Waals surface area contributed by atoms with Crippen molar-refractivity contribution >= 4 is 27.5 Å². The van der Waals surface area contributed by atoms with Crippen molar-refractivity contribution in [1.82, 2.24) is 9.97 Å². The van der Waals surface area contributed by atoms with Gasteiger partial charge in [-0.1, -0.05) is 28.1 Å². The summed E-state index contributed by atoms with van der Waals surface area (Å²) in [7, 11) is 0. The van der Waals surface area contributed by atoms with Crippen LogP contribution in [0.15, 0.2) is 36.5 Å². The first-order valence-electron chi connectivity index (χ1n) is 4.59. The van der Waals surface area contributed by atoms with Crippen molar-refractivity contribution in [2.24, 2.45) is 0 Å². The normalized spacial score (nSPS) is 10.1. The molecule has 0 N–H and O–H groups in total. The number of ether oxygens (including phenoxy) is 1. The molecule has 0 bridgehead atoms. The van der Waals surface area contributed by atoms with Crippen LogP contribution in [0.3, 0.4) is 0 Å². The van der Waals surface area contributed by atoms with Crippen molar-refractivity contribution in [3.63, 3.8) is 0 Å². The maximum Gasteiger partial charge on any atom is 0.225 e. The molecule has 5 heteroatoms. The van der Waals surface area contributed by atoms with Crippen LogP contribution in [0.4, 0.5) is 0 Å². The molecular weight excluding hydrogens is 291 g/mol. The fourth-order valence-electron chi connectivity index (χ4n) is 1.14. The van der Waals surface area contributed by atoms with Gasteiger partial charge < -0.3 is 4.74 Å². The summed E-state index contributed by atoms with van der Waals surface area (Å²) in [6, 6.07) is 9.38. The van der Waals surface area contributed by atoms with Gasteiger partial charge in [0.1, 0.15) is 5.75 Å². The quantitative estimate of drug-likeness (QED) is 0.638. The highest BCUT2D eigenvalue weighted by Gasteiger charge is 2.00. The van der Waals surface area contributed by atoms with Crippen LogP contribution in [0.2, 0.25) is 5.28 Å². The van der Waals surface area contributed by atoms with E-state index < -0.39 is 0 Å². The number of alkyl halides is 1. The van der Waals surface area contributed by atoms with Crippen LogP contribution in [-0.2, 0) is 5.33 Å². The SMILES string of the molecule is Clc1nccc(Oc2ccc(CBr)cc2)n1. The monoisotopic (exact) mass is 298 g/mol. The third-order valence-electron chi connectivity index (χ3n) is 1.90. The largest absolute Gasteiger partial charge is 0.439 e. The maximum absolute atomic E-state index is 5.65. The predicted octanol–water partition coefficient (Wildman–Crippen LogP) is 3.82. The summed E-state index contributed by atoms with van der Waals surface area (Å²) < 4.78 is 5.51. The molecule has 1 aromatic heterocycles. The van der Waals surface area contributed by atoms with Gasteiger partial charge in [0.15, 0.2) is 0 Å². The number of benzene rings is 1. The summed E-state index contributed by atoms with van der Waals surface area (Å²) >= 11 is 9.03. The zero-order valence-electron chi connectivity index (χ0n) is 8.23. The van der Waals surface area contributed by atoms with E-state index in [1.165, 1.54) is 5.56 Å². The number of halogens is 2. The summed E-state index contributed by atoms with van der Waals surface area (Å²) in [6.07, 6.45) is 1.55. The zero-order chi connectivity index (χ0) is 11.4. The van der Waals surface area contributed by atoms with Crippen molar-refractivity contribution < 1.29 is 4.74 Å². The van der Waals surface area contributed by atoms with Crippen LogP contribution < -0.4 is 4.74 Å². The van der Waals surface area contributed by atoms with E-state index in [0.29, 0.717) is 5.88 Å². The summed E-state index contributed by atoms with van der Waals surface area (Å²) in [4.78, 5) is 7.71. The topological polar surface area (TPSA) is 35.0 Å². The summed E-state index contributed by atoms with van der Waals surface area (Å²) in [6.45, 7) is 0. The predicted molar refractivity (Wildman–Crippen MR) is 66.2 cm³/mol. The number of rotatable bonds is 3. The van der Waals surface area contributed by atoms with E-state index in [1.807, 2.05) is 24.3 Å². The number of aromatic nitrogens is 2. The fraction of sp³-hybridized carbons (Fsp3) is 0.0909. The average molecular weight is 300 g/mol. The fourth-order valence-corrected chi connectivity index (χ4v) is 1.66. The molecule has 0 aliphatic heterocycles. The molecule has 82 valence electrons. The van der Waals surface area contributed by atoms with Gasteiger partial charge >= 0.3 is 0 Å². The van der Waals surface area contributed by atoms with E-state index in [2.05, 4.69) is 25.9 Å². The van der Waals surface area contributed by atoms with Crippen molar-refractivity contribution in [1.29, 1.82) is 0 Å². The van der Waals surface area contributed by atoms with Crippen LogP contribution in [0, 0.1) is 0 Å². The molecule has 0 fully saturated rings. The lowest BCUT2D eigenvalue weighted by Crippen LogP contribution is -1.89. The number of hydrogen-bond donors (Lipinski definition) is 0. The van der Waals surface area contributed by atoms with Crippen molar-refractivity contribution in [2.45, 2.75) is 5.33 Å². The molecule has 0 saturated heterocycles. The molecule has 16 heavy (non-hydrogen) atoms. The molecule has 0 radical (unpaired) electrons. The van der Waals surface area contributed by atoms with Crippen molar-refractivity contribution in [3.05, 3.63) is 47.4 Å². The highest BCUT2D eigenvalue weighted by atomic mass is 79.9. The van der Waals surface area contributed by atoms with Crippen molar-refractivity contribution in [3.8, 4) is 11.6 Å². The van der Waals surface area contributed by atoms with E-state index >= 15 is 0 Å². The number of hydrogen-bond acceptors (Lipinski definition) is 3. The third kappa shape index (κ3) is 2.93. The maximum atomic E-state index is 5.65. The molecule has 1 heterocycles. The molecule has 0 unspecified atom stereocenters. The second-order valence-electron chi connectivity index (χ2n) is 3.04. The van der Waals surface area contributed by atoms with E-state index in [1.54, 1.807) is 12.3 Å². The minimum atomic E-state index is 0.176. The van der Waals surface area contributed by atoms with Gasteiger partial charge in [-0.3, -0.25) is 0 Å². The van der Waals surface area contributed by atoms with Gasteiger partial charge in [-0.15, -0.1) is 0 Å². The zero-order valence-corrected chi connectivity index (χ0v) is 10.6. The smallest absolute Gasteiger partial charge is 0.225 e. The second kappa shape index (κ2) is 5.27. The average Bonchev–Trinajstić information content (AvgIpc) is 2.30. The standard InChI is InChI=1S/C11H8BrClN2O/c12-7-8-1-3-9(4-2-8)16-10-5-6-14-11(13)15-10/h1-6H,7H2. The Balaban J connectivity index is 2.14. The van der Waals surface area contributed by atoms with Crippen LogP contribution in [0.25, 0.3) is 0 Å². The molecule has 0 aliphatic carbocycles. The highest BCUT2D eigenvalue weighted by molar-refractivity contribution is 9.08. The summed E-state index contributed by atoms with van der Waals surface area (Å²) in [5.74, 6) is 1.16. The Bertz CT molecular complexity index is 476. The van der Waals surface area contributed by atoms with Gasteiger partial charge in [-0.25, -0.2) is 4.98 Å². The number of nitrogens with zero attached hydrogens (tertiary/aromatic N) is 2. The Hall–Kier alpha value is -1.13. The van der Waals surface area contributed by atoms with E-state index in [0.717, 1.165) is 11.1 Å². The molecule has 2 rings (SSSR count). The van der Waals surface area contributed by atoms with Gasteiger partial charge in [0.05, 0.1) is 0 Å². The highest BCUT2D eigenvalue weighted by Crippen LogP contribution is 2.20. The molecule has 3 nitrogen and oxygen atoms in total. The summed E-state index contributed by atoms with van der Waals surface area (Å²) in [5, 5.41) is 1.00. The Morgan fingerprint density at radius 1 is 1.19 bits per heavy atom. The lowest BCUT2D eigenvalue weighted by molar-refractivity contribution is 0.461. The van der Waals surface area contributed by atoms with E-state index in [-0.39, 0.29) is 5.28 Å². The van der Waals surface area contributed by atoms with Crippen LogP contribution >= 0.6 is 27.5 Å². The lowest BCUT2D eigenvalue weighted by atomic mass is 10.2. The summed E-state index contributed by atoms with van der Waals surface area (Å²) in [5.41, 5.74) is 1.19. The Morgan fingerprint density at radius 2 is 1.94 bits per heavy atom. The minimum absolute atomic E-state index is 0.176. The van der Waals surface area contributed by atoms with E-state index in [4.69, 9.17) is 16.3 Å². The van der Waals surface area contributed by atoms with Gasteiger partial charge in [-0.05, 0) is 29.3 Å². The first-order chi connectivity index (χ1) is 7.78. The van der Waals surface area contributed by atoms with Gasteiger partial charge in [0.25, 0.3) is 0 Å². The van der Waals surface area contributed by atoms with Crippen LogP contribution in [0.1, 0.15) is 5.56 Å². The molecule has 0 spiro atoms. The van der Waals surface area contributed by atoms with E-state index in [9.17, 15) is 0 Å².